The van der Waals surface area contributed by atoms with E-state index in [0.717, 1.165) is 17.9 Å². The van der Waals surface area contributed by atoms with Gasteiger partial charge in [0.15, 0.2) is 0 Å². The molecule has 0 amide bonds. The monoisotopic (exact) mass is 338 g/mol. The summed E-state index contributed by atoms with van der Waals surface area (Å²) in [5.74, 6) is 1.22. The fourth-order valence-corrected chi connectivity index (χ4v) is 3.29. The normalized spacial score (nSPS) is 18.4. The van der Waals surface area contributed by atoms with Crippen LogP contribution in [0.2, 0.25) is 0 Å². The number of ether oxygens (including phenoxy) is 2. The van der Waals surface area contributed by atoms with E-state index in [2.05, 4.69) is 16.0 Å². The quantitative estimate of drug-likeness (QED) is 0.826. The number of aromatic nitrogens is 2. The molecular formula is C18H18N4O3. The first-order chi connectivity index (χ1) is 12.2. The Morgan fingerprint density at radius 3 is 3.00 bits per heavy atom. The molecule has 7 nitrogen and oxygen atoms in total. The summed E-state index contributed by atoms with van der Waals surface area (Å²) in [6.07, 6.45) is 0.686. The van der Waals surface area contributed by atoms with Gasteiger partial charge in [0.2, 0.25) is 5.88 Å². The number of rotatable bonds is 4. The van der Waals surface area contributed by atoms with E-state index in [4.69, 9.17) is 14.7 Å². The predicted octanol–water partition coefficient (Wildman–Crippen LogP) is 0.955. The number of nitriles is 1. The largest absolute Gasteiger partial charge is 0.477 e. The number of fused-ring (bicyclic) bond motifs is 3. The van der Waals surface area contributed by atoms with Crippen molar-refractivity contribution in [3.8, 4) is 11.9 Å². The van der Waals surface area contributed by atoms with Crippen LogP contribution in [0.5, 0.6) is 5.88 Å². The Bertz CT molecular complexity index is 869. The van der Waals surface area contributed by atoms with Crippen LogP contribution in [0.3, 0.4) is 0 Å². The van der Waals surface area contributed by atoms with Gasteiger partial charge in [-0.05, 0) is 17.7 Å². The maximum Gasteiger partial charge on any atom is 0.352 e. The molecule has 0 unspecified atom stereocenters. The van der Waals surface area contributed by atoms with Crippen LogP contribution in [0, 0.1) is 11.3 Å². The number of hydrogen-bond acceptors (Lipinski definition) is 6. The van der Waals surface area contributed by atoms with E-state index in [1.807, 2.05) is 18.2 Å². The molecule has 7 heteroatoms. The van der Waals surface area contributed by atoms with Gasteiger partial charge < -0.3 is 14.4 Å². The third-order valence-corrected chi connectivity index (χ3v) is 4.60. The second-order valence-electron chi connectivity index (χ2n) is 6.18. The van der Waals surface area contributed by atoms with E-state index in [1.54, 1.807) is 16.7 Å². The molecule has 25 heavy (non-hydrogen) atoms. The topological polar surface area (TPSA) is 80.4 Å². The van der Waals surface area contributed by atoms with Crippen molar-refractivity contribution >= 4 is 5.82 Å². The van der Waals surface area contributed by atoms with E-state index in [-0.39, 0.29) is 11.7 Å². The molecule has 1 aromatic carbocycles. The lowest BCUT2D eigenvalue weighted by Crippen LogP contribution is -2.43. The summed E-state index contributed by atoms with van der Waals surface area (Å²) in [6, 6.07) is 11.5. The van der Waals surface area contributed by atoms with Gasteiger partial charge in [-0.25, -0.2) is 4.79 Å². The molecular weight excluding hydrogens is 320 g/mol. The van der Waals surface area contributed by atoms with Gasteiger partial charge in [-0.1, -0.05) is 12.1 Å². The molecule has 128 valence electrons. The van der Waals surface area contributed by atoms with E-state index >= 15 is 0 Å². The van der Waals surface area contributed by atoms with Gasteiger partial charge in [-0.2, -0.15) is 10.2 Å². The minimum absolute atomic E-state index is 0.206. The zero-order valence-electron chi connectivity index (χ0n) is 13.7. The lowest BCUT2D eigenvalue weighted by Gasteiger charge is -2.30. The Balaban J connectivity index is 1.44. The smallest absolute Gasteiger partial charge is 0.352 e. The lowest BCUT2D eigenvalue weighted by molar-refractivity contribution is 0.0956. The Hall–Kier alpha value is -2.85. The summed E-state index contributed by atoms with van der Waals surface area (Å²) in [7, 11) is 0. The van der Waals surface area contributed by atoms with Crippen LogP contribution in [-0.2, 0) is 17.7 Å². The van der Waals surface area contributed by atoms with Gasteiger partial charge in [0.25, 0.3) is 0 Å². The third kappa shape index (κ3) is 3.08. The molecule has 1 saturated heterocycles. The van der Waals surface area contributed by atoms with Gasteiger partial charge in [-0.3, -0.25) is 4.57 Å². The van der Waals surface area contributed by atoms with Crippen molar-refractivity contribution in [2.75, 3.05) is 31.3 Å². The van der Waals surface area contributed by atoms with Crippen molar-refractivity contribution in [3.05, 3.63) is 51.9 Å². The summed E-state index contributed by atoms with van der Waals surface area (Å²) in [5.41, 5.74) is 1.43. The number of benzene rings is 1. The van der Waals surface area contributed by atoms with E-state index in [9.17, 15) is 4.79 Å². The van der Waals surface area contributed by atoms with Gasteiger partial charge in [-0.15, -0.1) is 0 Å². The average molecular weight is 338 g/mol. The van der Waals surface area contributed by atoms with Crippen LogP contribution >= 0.6 is 0 Å². The molecule has 2 aromatic rings. The molecule has 1 aromatic heterocycles. The molecule has 2 aliphatic rings. The maximum absolute atomic E-state index is 12.3. The average Bonchev–Trinajstić information content (AvgIpc) is 3.02. The zero-order chi connectivity index (χ0) is 17.2. The Labute approximate surface area is 145 Å². The van der Waals surface area contributed by atoms with Crippen LogP contribution in [0.1, 0.15) is 11.1 Å². The molecule has 0 radical (unpaired) electrons. The predicted molar refractivity (Wildman–Crippen MR) is 90.8 cm³/mol. The number of nitrogens with zero attached hydrogens (tertiary/aromatic N) is 4. The van der Waals surface area contributed by atoms with Gasteiger partial charge >= 0.3 is 5.69 Å². The first-order valence-electron chi connectivity index (χ1n) is 8.33. The van der Waals surface area contributed by atoms with Crippen molar-refractivity contribution in [1.29, 1.82) is 5.26 Å². The summed E-state index contributed by atoms with van der Waals surface area (Å²) in [4.78, 5) is 18.5. The van der Waals surface area contributed by atoms with Gasteiger partial charge in [0.05, 0.1) is 44.0 Å². The standard InChI is InChI=1S/C18H18N4O3/c19-10-14-3-1-13(2-4-14)5-7-25-16-9-17-21-6-8-24-12-15(21)11-22(17)18(23)20-16/h1-4,9,15H,5-8,11-12H2/t15-/m0/s1. The third-order valence-electron chi connectivity index (χ3n) is 4.60. The van der Waals surface area contributed by atoms with E-state index < -0.39 is 0 Å². The van der Waals surface area contributed by atoms with Crippen LogP contribution in [0.25, 0.3) is 0 Å². The highest BCUT2D eigenvalue weighted by atomic mass is 16.5. The second kappa shape index (κ2) is 6.57. The van der Waals surface area contributed by atoms with Crippen molar-refractivity contribution in [2.24, 2.45) is 0 Å². The first kappa shape index (κ1) is 15.7. The molecule has 0 bridgehead atoms. The van der Waals surface area contributed by atoms with Crippen LogP contribution < -0.4 is 15.3 Å². The summed E-state index contributed by atoms with van der Waals surface area (Å²) < 4.78 is 12.9. The van der Waals surface area contributed by atoms with Crippen LogP contribution in [-0.4, -0.2) is 42.0 Å². The minimum Gasteiger partial charge on any atom is -0.477 e. The zero-order valence-corrected chi connectivity index (χ0v) is 13.7. The highest BCUT2D eigenvalue weighted by Crippen LogP contribution is 2.28. The first-order valence-corrected chi connectivity index (χ1v) is 8.33. The van der Waals surface area contributed by atoms with Gasteiger partial charge in [0, 0.05) is 19.0 Å². The van der Waals surface area contributed by atoms with E-state index in [1.165, 1.54) is 0 Å². The molecule has 2 aliphatic heterocycles. The maximum atomic E-state index is 12.3. The van der Waals surface area contributed by atoms with Gasteiger partial charge in [0.1, 0.15) is 5.82 Å². The van der Waals surface area contributed by atoms with E-state index in [0.29, 0.717) is 44.2 Å². The molecule has 0 N–H and O–H groups in total. The van der Waals surface area contributed by atoms with Crippen molar-refractivity contribution in [2.45, 2.75) is 19.0 Å². The summed E-state index contributed by atoms with van der Waals surface area (Å²) in [5, 5.41) is 8.81. The number of hydrogen-bond donors (Lipinski definition) is 0. The molecule has 0 spiro atoms. The molecule has 0 saturated carbocycles. The number of morpholine rings is 1. The molecule has 1 atom stereocenters. The molecule has 1 fully saturated rings. The van der Waals surface area contributed by atoms with Crippen LogP contribution in [0.4, 0.5) is 5.82 Å². The van der Waals surface area contributed by atoms with Crippen molar-refractivity contribution in [3.63, 3.8) is 0 Å². The molecule has 0 aliphatic carbocycles. The lowest BCUT2D eigenvalue weighted by atomic mass is 10.1. The van der Waals surface area contributed by atoms with Crippen molar-refractivity contribution in [1.82, 2.24) is 9.55 Å². The second-order valence-corrected chi connectivity index (χ2v) is 6.18. The summed E-state index contributed by atoms with van der Waals surface area (Å²) in [6.45, 7) is 3.12. The fraction of sp³-hybridized carbons (Fsp3) is 0.389. The Kier molecular flexibility index (Phi) is 4.12. The highest BCUT2D eigenvalue weighted by molar-refractivity contribution is 5.47. The highest BCUT2D eigenvalue weighted by Gasteiger charge is 2.33. The fourth-order valence-electron chi connectivity index (χ4n) is 3.29. The summed E-state index contributed by atoms with van der Waals surface area (Å²) >= 11 is 0. The molecule has 3 heterocycles. The minimum atomic E-state index is -0.278. The number of anilines is 1. The Morgan fingerprint density at radius 2 is 2.20 bits per heavy atom. The SMILES string of the molecule is N#Cc1ccc(CCOc2cc3n(c(=O)n2)C[C@H]2COCCN32)cc1. The Morgan fingerprint density at radius 1 is 1.36 bits per heavy atom. The molecule has 4 rings (SSSR count). The van der Waals surface area contributed by atoms with Crippen LogP contribution in [0.15, 0.2) is 35.1 Å². The van der Waals surface area contributed by atoms with Crippen molar-refractivity contribution < 1.29 is 9.47 Å².